The Morgan fingerprint density at radius 1 is 1.40 bits per heavy atom. The van der Waals surface area contributed by atoms with Gasteiger partial charge in [0.15, 0.2) is 5.78 Å². The predicted octanol–water partition coefficient (Wildman–Crippen LogP) is 0.492. The molecule has 0 aliphatic rings. The van der Waals surface area contributed by atoms with Gasteiger partial charge in [-0.3, -0.25) is 4.79 Å². The summed E-state index contributed by atoms with van der Waals surface area (Å²) in [5, 5.41) is 16.5. The van der Waals surface area contributed by atoms with E-state index in [1.54, 1.807) is 6.92 Å². The van der Waals surface area contributed by atoms with Crippen molar-refractivity contribution in [2.75, 3.05) is 0 Å². The highest BCUT2D eigenvalue weighted by Crippen LogP contribution is 1.90. The molecule has 4 nitrogen and oxygen atoms in total. The first kappa shape index (κ1) is 8.68. The van der Waals surface area contributed by atoms with Crippen LogP contribution in [0.1, 0.15) is 13.3 Å². The van der Waals surface area contributed by atoms with Crippen LogP contribution in [0.25, 0.3) is 0 Å². The molecule has 0 amide bonds. The van der Waals surface area contributed by atoms with E-state index in [9.17, 15) is 9.59 Å². The van der Waals surface area contributed by atoms with Crippen LogP contribution in [-0.4, -0.2) is 22.0 Å². The van der Waals surface area contributed by atoms with Crippen LogP contribution in [0.4, 0.5) is 0 Å². The lowest BCUT2D eigenvalue weighted by Crippen LogP contribution is -2.02. The van der Waals surface area contributed by atoms with Gasteiger partial charge in [0.05, 0.1) is 0 Å². The van der Waals surface area contributed by atoms with Crippen molar-refractivity contribution in [2.45, 2.75) is 13.3 Å². The van der Waals surface area contributed by atoms with E-state index >= 15 is 0 Å². The van der Waals surface area contributed by atoms with Crippen LogP contribution in [0.2, 0.25) is 0 Å². The van der Waals surface area contributed by atoms with E-state index in [0.717, 1.165) is 0 Å². The Balaban J connectivity index is 4.16. The molecule has 0 aliphatic heterocycles. The van der Waals surface area contributed by atoms with E-state index in [2.05, 4.69) is 0 Å². The van der Waals surface area contributed by atoms with E-state index in [0.29, 0.717) is 6.08 Å². The fourth-order valence-electron chi connectivity index (χ4n) is 0.316. The molecule has 10 heavy (non-hydrogen) atoms. The van der Waals surface area contributed by atoms with Crippen LogP contribution in [0.3, 0.4) is 0 Å². The number of hydrogen-bond donors (Lipinski definition) is 2. The van der Waals surface area contributed by atoms with Crippen molar-refractivity contribution >= 4 is 11.8 Å². The molecule has 0 saturated carbocycles. The van der Waals surface area contributed by atoms with Crippen LogP contribution >= 0.6 is 0 Å². The van der Waals surface area contributed by atoms with Gasteiger partial charge < -0.3 is 10.2 Å². The third kappa shape index (κ3) is 2.86. The van der Waals surface area contributed by atoms with Gasteiger partial charge in [-0.1, -0.05) is 6.92 Å². The van der Waals surface area contributed by atoms with Crippen molar-refractivity contribution in [1.29, 1.82) is 0 Å². The van der Waals surface area contributed by atoms with Crippen molar-refractivity contribution in [3.8, 4) is 0 Å². The van der Waals surface area contributed by atoms with Gasteiger partial charge in [-0.2, -0.15) is 0 Å². The van der Waals surface area contributed by atoms with E-state index in [-0.39, 0.29) is 6.42 Å². The van der Waals surface area contributed by atoms with Gasteiger partial charge in [-0.15, -0.1) is 0 Å². The van der Waals surface area contributed by atoms with Crippen molar-refractivity contribution in [1.82, 2.24) is 0 Å². The Kier molecular flexibility index (Phi) is 3.17. The molecule has 0 saturated heterocycles. The number of aliphatic hydroxyl groups excluding tert-OH is 1. The number of aliphatic hydroxyl groups is 1. The molecule has 0 aromatic rings. The van der Waals surface area contributed by atoms with Gasteiger partial charge in [0.2, 0.25) is 5.76 Å². The summed E-state index contributed by atoms with van der Waals surface area (Å²) in [6.45, 7) is 1.58. The van der Waals surface area contributed by atoms with Gasteiger partial charge >= 0.3 is 5.97 Å². The van der Waals surface area contributed by atoms with Gasteiger partial charge in [-0.05, 0) is 0 Å². The van der Waals surface area contributed by atoms with Gasteiger partial charge in [0, 0.05) is 12.5 Å². The highest BCUT2D eigenvalue weighted by molar-refractivity contribution is 5.96. The smallest absolute Gasteiger partial charge is 0.371 e. The summed E-state index contributed by atoms with van der Waals surface area (Å²) in [5.41, 5.74) is 0. The maximum Gasteiger partial charge on any atom is 0.371 e. The number of carbonyl (C=O) groups excluding carboxylic acids is 1. The summed E-state index contributed by atoms with van der Waals surface area (Å²) < 4.78 is 0. The molecule has 0 bridgehead atoms. The number of rotatable bonds is 3. The molecule has 0 heterocycles. The minimum atomic E-state index is -1.48. The summed E-state index contributed by atoms with van der Waals surface area (Å²) in [7, 11) is 0. The first-order chi connectivity index (χ1) is 4.57. The Hall–Kier alpha value is -1.32. The zero-order chi connectivity index (χ0) is 8.15. The molecule has 0 fully saturated rings. The van der Waals surface area contributed by atoms with E-state index in [1.807, 2.05) is 0 Å². The van der Waals surface area contributed by atoms with Crippen molar-refractivity contribution in [3.05, 3.63) is 11.8 Å². The number of carboxylic acid groups (broad SMARTS) is 1. The van der Waals surface area contributed by atoms with Crippen LogP contribution in [0, 0.1) is 0 Å². The molecule has 0 aromatic heterocycles. The van der Waals surface area contributed by atoms with Gasteiger partial charge in [-0.25, -0.2) is 4.79 Å². The number of carboxylic acids is 1. The topological polar surface area (TPSA) is 74.6 Å². The molecule has 4 heteroatoms. The lowest BCUT2D eigenvalue weighted by Gasteiger charge is -1.88. The standard InChI is InChI=1S/C6H8O4/c1-2-4(7)3-5(8)6(9)10/h3,8H,2H2,1H3,(H,9,10). The molecule has 2 N–H and O–H groups in total. The van der Waals surface area contributed by atoms with Gasteiger partial charge in [0.1, 0.15) is 0 Å². The Morgan fingerprint density at radius 3 is 2.20 bits per heavy atom. The summed E-state index contributed by atoms with van der Waals surface area (Å²) >= 11 is 0. The van der Waals surface area contributed by atoms with E-state index in [1.165, 1.54) is 0 Å². The maximum atomic E-state index is 10.4. The molecule has 0 aliphatic carbocycles. The largest absolute Gasteiger partial charge is 0.502 e. The Labute approximate surface area is 57.8 Å². The number of allylic oxidation sites excluding steroid dienone is 1. The number of carbonyl (C=O) groups is 2. The van der Waals surface area contributed by atoms with Crippen LogP contribution in [-0.2, 0) is 9.59 Å². The average Bonchev–Trinajstić information content (AvgIpc) is 1.87. The van der Waals surface area contributed by atoms with Crippen LogP contribution in [0.15, 0.2) is 11.8 Å². The minimum absolute atomic E-state index is 0.192. The third-order valence-electron chi connectivity index (χ3n) is 0.865. The molecule has 0 spiro atoms. The third-order valence-corrected chi connectivity index (χ3v) is 0.865. The zero-order valence-corrected chi connectivity index (χ0v) is 5.50. The average molecular weight is 144 g/mol. The zero-order valence-electron chi connectivity index (χ0n) is 5.50. The Morgan fingerprint density at radius 2 is 1.90 bits per heavy atom. The lowest BCUT2D eigenvalue weighted by molar-refractivity contribution is -0.135. The van der Waals surface area contributed by atoms with Crippen molar-refractivity contribution in [3.63, 3.8) is 0 Å². The number of ketones is 1. The predicted molar refractivity (Wildman–Crippen MR) is 33.6 cm³/mol. The fraction of sp³-hybridized carbons (Fsp3) is 0.333. The summed E-state index contributed by atoms with van der Waals surface area (Å²) in [4.78, 5) is 20.3. The maximum absolute atomic E-state index is 10.4. The quantitative estimate of drug-likeness (QED) is 0.446. The normalized spacial score (nSPS) is 11.1. The number of aliphatic carboxylic acids is 1. The molecule has 0 rings (SSSR count). The van der Waals surface area contributed by atoms with Crippen molar-refractivity contribution in [2.24, 2.45) is 0 Å². The monoisotopic (exact) mass is 144 g/mol. The molecular weight excluding hydrogens is 136 g/mol. The first-order valence-electron chi connectivity index (χ1n) is 2.74. The molecule has 56 valence electrons. The Bertz CT molecular complexity index is 180. The molecular formula is C6H8O4. The summed E-state index contributed by atoms with van der Waals surface area (Å²) in [6, 6.07) is 0. The first-order valence-corrected chi connectivity index (χ1v) is 2.74. The molecule has 0 radical (unpaired) electrons. The van der Waals surface area contributed by atoms with Crippen LogP contribution < -0.4 is 0 Å². The molecule has 0 atom stereocenters. The van der Waals surface area contributed by atoms with Crippen molar-refractivity contribution < 1.29 is 19.8 Å². The molecule has 0 unspecified atom stereocenters. The highest BCUT2D eigenvalue weighted by Gasteiger charge is 2.04. The lowest BCUT2D eigenvalue weighted by atomic mass is 10.3. The molecule has 0 aromatic carbocycles. The summed E-state index contributed by atoms with van der Waals surface area (Å²) in [6.07, 6.45) is 0.889. The minimum Gasteiger partial charge on any atom is -0.502 e. The SMILES string of the molecule is CCC(=O)C=C(O)C(=O)O. The number of hydrogen-bond acceptors (Lipinski definition) is 3. The summed E-state index contributed by atoms with van der Waals surface area (Å²) in [5.74, 6) is -2.80. The fourth-order valence-corrected chi connectivity index (χ4v) is 0.316. The van der Waals surface area contributed by atoms with E-state index < -0.39 is 17.5 Å². The van der Waals surface area contributed by atoms with Crippen LogP contribution in [0.5, 0.6) is 0 Å². The van der Waals surface area contributed by atoms with Gasteiger partial charge in [0.25, 0.3) is 0 Å². The second kappa shape index (κ2) is 3.66. The second-order valence-electron chi connectivity index (χ2n) is 1.65. The second-order valence-corrected chi connectivity index (χ2v) is 1.65. The van der Waals surface area contributed by atoms with E-state index in [4.69, 9.17) is 10.2 Å². The highest BCUT2D eigenvalue weighted by atomic mass is 16.4.